The van der Waals surface area contributed by atoms with Crippen molar-refractivity contribution < 1.29 is 19.0 Å². The van der Waals surface area contributed by atoms with Gasteiger partial charge in [0, 0.05) is 13.1 Å². The van der Waals surface area contributed by atoms with Gasteiger partial charge in [0.2, 0.25) is 0 Å². The first-order valence-electron chi connectivity index (χ1n) is 7.42. The minimum atomic E-state index is -0.680. The third kappa shape index (κ3) is 4.07. The minimum Gasteiger partial charge on any atom is -0.486 e. The van der Waals surface area contributed by atoms with Crippen molar-refractivity contribution in [2.45, 2.75) is 6.10 Å². The molecule has 2 heterocycles. The number of hydrogen-bond acceptors (Lipinski definition) is 5. The van der Waals surface area contributed by atoms with Gasteiger partial charge in [0.1, 0.15) is 19.0 Å². The third-order valence-corrected chi connectivity index (χ3v) is 3.71. The van der Waals surface area contributed by atoms with E-state index < -0.39 is 6.10 Å². The molecule has 0 radical (unpaired) electrons. The molecule has 1 atom stereocenters. The second-order valence-electron chi connectivity index (χ2n) is 5.12. The van der Waals surface area contributed by atoms with Gasteiger partial charge in [0.25, 0.3) is 0 Å². The standard InChI is InChI=1S/C17H18ClNO4/c18-14-9-12(10-16-17(14)23-8-7-22-16)15(20)11-19-5-1-3-13-4-2-6-21-13/h1-4,6,9-10,15,19-20H,5,7-8,11H2. The van der Waals surface area contributed by atoms with E-state index in [-0.39, 0.29) is 0 Å². The first-order valence-corrected chi connectivity index (χ1v) is 7.79. The van der Waals surface area contributed by atoms with Crippen LogP contribution in [0.3, 0.4) is 0 Å². The van der Waals surface area contributed by atoms with Crippen LogP contribution in [-0.2, 0) is 0 Å². The van der Waals surface area contributed by atoms with Gasteiger partial charge < -0.3 is 24.3 Å². The fraction of sp³-hybridized carbons (Fsp3) is 0.294. The Hall–Kier alpha value is -1.95. The van der Waals surface area contributed by atoms with E-state index >= 15 is 0 Å². The molecule has 2 N–H and O–H groups in total. The molecule has 1 aromatic carbocycles. The summed E-state index contributed by atoms with van der Waals surface area (Å²) in [6, 6.07) is 7.19. The number of nitrogens with one attached hydrogen (secondary N) is 1. The number of aliphatic hydroxyl groups is 1. The van der Waals surface area contributed by atoms with Crippen LogP contribution in [0.15, 0.2) is 41.0 Å². The van der Waals surface area contributed by atoms with Gasteiger partial charge in [0.15, 0.2) is 11.5 Å². The summed E-state index contributed by atoms with van der Waals surface area (Å²) in [5.74, 6) is 1.92. The van der Waals surface area contributed by atoms with Crippen LogP contribution in [0.1, 0.15) is 17.4 Å². The van der Waals surface area contributed by atoms with Gasteiger partial charge in [-0.3, -0.25) is 0 Å². The molecule has 1 aromatic heterocycles. The molecule has 6 heteroatoms. The zero-order valence-corrected chi connectivity index (χ0v) is 13.3. The van der Waals surface area contributed by atoms with Crippen molar-refractivity contribution in [3.05, 3.63) is 53.0 Å². The highest BCUT2D eigenvalue weighted by atomic mass is 35.5. The first kappa shape index (κ1) is 15.9. The summed E-state index contributed by atoms with van der Waals surface area (Å²) in [6.07, 6.45) is 4.76. The lowest BCUT2D eigenvalue weighted by molar-refractivity contribution is 0.164. The number of rotatable bonds is 6. The molecule has 0 saturated carbocycles. The molecule has 1 aliphatic rings. The van der Waals surface area contributed by atoms with E-state index in [2.05, 4.69) is 5.32 Å². The quantitative estimate of drug-likeness (QED) is 0.794. The molecule has 0 amide bonds. The molecule has 23 heavy (non-hydrogen) atoms. The van der Waals surface area contributed by atoms with E-state index in [0.29, 0.717) is 48.4 Å². The largest absolute Gasteiger partial charge is 0.486 e. The van der Waals surface area contributed by atoms with Gasteiger partial charge >= 0.3 is 0 Å². The number of furan rings is 1. The van der Waals surface area contributed by atoms with E-state index in [9.17, 15) is 5.11 Å². The molecule has 3 rings (SSSR count). The molecule has 0 bridgehead atoms. The van der Waals surface area contributed by atoms with Gasteiger partial charge in [-0.2, -0.15) is 0 Å². The Balaban J connectivity index is 1.54. The predicted molar refractivity (Wildman–Crippen MR) is 88.0 cm³/mol. The molecule has 0 saturated heterocycles. The van der Waals surface area contributed by atoms with Crippen molar-refractivity contribution >= 4 is 17.7 Å². The molecule has 2 aromatic rings. The summed E-state index contributed by atoms with van der Waals surface area (Å²) in [5, 5.41) is 13.9. The van der Waals surface area contributed by atoms with Gasteiger partial charge in [-0.25, -0.2) is 0 Å². The van der Waals surface area contributed by atoms with E-state index in [1.54, 1.807) is 18.4 Å². The normalized spacial score (nSPS) is 15.0. The topological polar surface area (TPSA) is 63.9 Å². The van der Waals surface area contributed by atoms with Crippen molar-refractivity contribution in [3.63, 3.8) is 0 Å². The van der Waals surface area contributed by atoms with Crippen LogP contribution in [0.4, 0.5) is 0 Å². The Morgan fingerprint density at radius 2 is 2.17 bits per heavy atom. The number of fused-ring (bicyclic) bond motifs is 1. The monoisotopic (exact) mass is 335 g/mol. The Labute approximate surface area is 139 Å². The molecule has 1 unspecified atom stereocenters. The van der Waals surface area contributed by atoms with E-state index in [1.165, 1.54) is 0 Å². The molecule has 122 valence electrons. The second kappa shape index (κ2) is 7.55. The van der Waals surface area contributed by atoms with Crippen LogP contribution in [0.25, 0.3) is 6.08 Å². The smallest absolute Gasteiger partial charge is 0.179 e. The summed E-state index contributed by atoms with van der Waals surface area (Å²) >= 11 is 6.17. The molecule has 0 aliphatic carbocycles. The van der Waals surface area contributed by atoms with Gasteiger partial charge in [-0.05, 0) is 35.9 Å². The predicted octanol–water partition coefficient (Wildman–Crippen LogP) is 3.04. The third-order valence-electron chi connectivity index (χ3n) is 3.43. The molecule has 1 aliphatic heterocycles. The van der Waals surface area contributed by atoms with Crippen molar-refractivity contribution in [3.8, 4) is 11.5 Å². The van der Waals surface area contributed by atoms with Crippen LogP contribution < -0.4 is 14.8 Å². The van der Waals surface area contributed by atoms with Crippen LogP contribution >= 0.6 is 11.6 Å². The molecule has 0 spiro atoms. The lowest BCUT2D eigenvalue weighted by Gasteiger charge is -2.21. The van der Waals surface area contributed by atoms with Crippen molar-refractivity contribution in [2.75, 3.05) is 26.3 Å². The lowest BCUT2D eigenvalue weighted by Crippen LogP contribution is -2.22. The van der Waals surface area contributed by atoms with Crippen LogP contribution in [0.2, 0.25) is 5.02 Å². The highest BCUT2D eigenvalue weighted by Crippen LogP contribution is 2.39. The number of aliphatic hydroxyl groups excluding tert-OH is 1. The molecule has 5 nitrogen and oxygen atoms in total. The number of ether oxygens (including phenoxy) is 2. The van der Waals surface area contributed by atoms with Gasteiger partial charge in [0.05, 0.1) is 17.4 Å². The Bertz CT molecular complexity index is 669. The summed E-state index contributed by atoms with van der Waals surface area (Å²) < 4.78 is 16.2. The minimum absolute atomic E-state index is 0.401. The van der Waals surface area contributed by atoms with Crippen LogP contribution in [0, 0.1) is 0 Å². The van der Waals surface area contributed by atoms with Gasteiger partial charge in [-0.15, -0.1) is 0 Å². The Morgan fingerprint density at radius 3 is 3.00 bits per heavy atom. The van der Waals surface area contributed by atoms with Crippen molar-refractivity contribution in [1.82, 2.24) is 5.32 Å². The maximum atomic E-state index is 10.3. The highest BCUT2D eigenvalue weighted by Gasteiger charge is 2.19. The van der Waals surface area contributed by atoms with Crippen LogP contribution in [0.5, 0.6) is 11.5 Å². The van der Waals surface area contributed by atoms with Crippen molar-refractivity contribution in [2.24, 2.45) is 0 Å². The Kier molecular flexibility index (Phi) is 5.23. The zero-order valence-electron chi connectivity index (χ0n) is 12.5. The number of hydrogen-bond donors (Lipinski definition) is 2. The van der Waals surface area contributed by atoms with E-state index in [0.717, 1.165) is 5.76 Å². The summed E-state index contributed by atoms with van der Waals surface area (Å²) in [7, 11) is 0. The number of halogens is 1. The maximum Gasteiger partial charge on any atom is 0.179 e. The SMILES string of the molecule is OC(CNCC=Cc1ccco1)c1cc(Cl)c2c(c1)OCCO2. The molecular weight excluding hydrogens is 318 g/mol. The molecule has 0 fully saturated rings. The van der Waals surface area contributed by atoms with Gasteiger partial charge in [-0.1, -0.05) is 17.7 Å². The highest BCUT2D eigenvalue weighted by molar-refractivity contribution is 6.32. The number of benzene rings is 1. The first-order chi connectivity index (χ1) is 11.2. The summed E-state index contributed by atoms with van der Waals surface area (Å²) in [6.45, 7) is 1.99. The zero-order chi connectivity index (χ0) is 16.1. The summed E-state index contributed by atoms with van der Waals surface area (Å²) in [4.78, 5) is 0. The second-order valence-corrected chi connectivity index (χ2v) is 5.53. The maximum absolute atomic E-state index is 10.3. The van der Waals surface area contributed by atoms with E-state index in [1.807, 2.05) is 24.3 Å². The average molecular weight is 336 g/mol. The summed E-state index contributed by atoms with van der Waals surface area (Å²) in [5.41, 5.74) is 0.696. The lowest BCUT2D eigenvalue weighted by atomic mass is 10.1. The van der Waals surface area contributed by atoms with Crippen molar-refractivity contribution in [1.29, 1.82) is 0 Å². The van der Waals surface area contributed by atoms with Crippen LogP contribution in [-0.4, -0.2) is 31.4 Å². The molecular formula is C17H18ClNO4. The fourth-order valence-corrected chi connectivity index (χ4v) is 2.58. The average Bonchev–Trinajstić information content (AvgIpc) is 3.07. The van der Waals surface area contributed by atoms with E-state index in [4.69, 9.17) is 25.5 Å². The fourth-order valence-electron chi connectivity index (χ4n) is 2.31. The Morgan fingerprint density at radius 1 is 1.30 bits per heavy atom.